The van der Waals surface area contributed by atoms with Crippen LogP contribution in [-0.4, -0.2) is 49.0 Å². The van der Waals surface area contributed by atoms with Crippen molar-refractivity contribution < 1.29 is 22.5 Å². The third-order valence-corrected chi connectivity index (χ3v) is 7.80. The lowest BCUT2D eigenvalue weighted by Crippen LogP contribution is -2.43. The van der Waals surface area contributed by atoms with Crippen LogP contribution in [0.2, 0.25) is 5.02 Å². The summed E-state index contributed by atoms with van der Waals surface area (Å²) >= 11 is 6.27. The first-order valence-electron chi connectivity index (χ1n) is 10.3. The Hall–Kier alpha value is -2.95. The molecule has 11 heteroatoms. The zero-order chi connectivity index (χ0) is 23.6. The molecule has 4 rings (SSSR count). The van der Waals surface area contributed by atoms with E-state index in [1.165, 1.54) is 23.5 Å². The predicted octanol–water partition coefficient (Wildman–Crippen LogP) is 3.75. The van der Waals surface area contributed by atoms with Crippen LogP contribution in [-0.2, 0) is 14.8 Å². The highest BCUT2D eigenvalue weighted by Gasteiger charge is 2.35. The maximum atomic E-state index is 13.4. The molecule has 2 heterocycles. The number of para-hydroxylation sites is 2. The van der Waals surface area contributed by atoms with E-state index in [1.807, 2.05) is 0 Å². The van der Waals surface area contributed by atoms with E-state index in [1.54, 1.807) is 37.3 Å². The summed E-state index contributed by atoms with van der Waals surface area (Å²) in [6, 6.07) is 11.6. The van der Waals surface area contributed by atoms with Crippen molar-refractivity contribution in [2.24, 2.45) is 5.92 Å². The quantitative estimate of drug-likeness (QED) is 0.559. The Kier molecular flexibility index (Phi) is 6.68. The number of anilines is 1. The van der Waals surface area contributed by atoms with Gasteiger partial charge < -0.3 is 14.6 Å². The van der Waals surface area contributed by atoms with Gasteiger partial charge in [-0.25, -0.2) is 8.42 Å². The van der Waals surface area contributed by atoms with Gasteiger partial charge in [-0.2, -0.15) is 9.29 Å². The molecule has 0 saturated carbocycles. The lowest BCUT2D eigenvalue weighted by Gasteiger charge is -2.31. The zero-order valence-corrected chi connectivity index (χ0v) is 19.7. The number of aryl methyl sites for hydroxylation is 1. The molecule has 0 spiro atoms. The van der Waals surface area contributed by atoms with E-state index in [4.69, 9.17) is 20.9 Å². The van der Waals surface area contributed by atoms with Crippen LogP contribution < -0.4 is 10.1 Å². The number of methoxy groups -OCH3 is 1. The second-order valence-corrected chi connectivity index (χ2v) is 9.99. The van der Waals surface area contributed by atoms with Crippen molar-refractivity contribution in [3.05, 3.63) is 53.4 Å². The average Bonchev–Trinajstić information content (AvgIpc) is 3.26. The lowest BCUT2D eigenvalue weighted by atomic mass is 9.98. The highest BCUT2D eigenvalue weighted by Crippen LogP contribution is 2.32. The molecule has 1 aromatic heterocycles. The molecule has 9 nitrogen and oxygen atoms in total. The summed E-state index contributed by atoms with van der Waals surface area (Å²) in [7, 11) is -2.44. The maximum Gasteiger partial charge on any atom is 0.244 e. The van der Waals surface area contributed by atoms with Gasteiger partial charge in [0.15, 0.2) is 0 Å². The summed E-state index contributed by atoms with van der Waals surface area (Å²) in [4.78, 5) is 17.0. The third-order valence-electron chi connectivity index (χ3n) is 5.45. The summed E-state index contributed by atoms with van der Waals surface area (Å²) in [5, 5.41) is 6.77. The minimum Gasteiger partial charge on any atom is -0.495 e. The lowest BCUT2D eigenvalue weighted by molar-refractivity contribution is -0.120. The first-order valence-corrected chi connectivity index (χ1v) is 12.2. The molecule has 0 unspecified atom stereocenters. The Labute approximate surface area is 196 Å². The van der Waals surface area contributed by atoms with Crippen LogP contribution >= 0.6 is 11.6 Å². The molecule has 0 radical (unpaired) electrons. The monoisotopic (exact) mass is 490 g/mol. The fourth-order valence-corrected chi connectivity index (χ4v) is 5.78. The number of ether oxygens (including phenoxy) is 1. The standard InChI is InChI=1S/C22H23ClN4O5S/c1-14-24-21(26-32-14)15-9-10-17(23)20(12-15)33(29,30)27-11-5-6-16(13-27)22(28)25-18-7-3-4-8-19(18)31-2/h3-4,7-10,12,16H,5-6,11,13H2,1-2H3,(H,25,28)/t16-/m1/s1. The van der Waals surface area contributed by atoms with E-state index in [9.17, 15) is 13.2 Å². The van der Waals surface area contributed by atoms with Crippen LogP contribution in [0.5, 0.6) is 5.75 Å². The number of hydrogen-bond acceptors (Lipinski definition) is 7. The number of sulfonamides is 1. The number of amides is 1. The minimum atomic E-state index is -3.96. The number of nitrogens with one attached hydrogen (secondary N) is 1. The van der Waals surface area contributed by atoms with Gasteiger partial charge in [0.05, 0.1) is 23.7 Å². The Morgan fingerprint density at radius 3 is 2.79 bits per heavy atom. The summed E-state index contributed by atoms with van der Waals surface area (Å²) in [6.07, 6.45) is 1.12. The number of rotatable bonds is 6. The fourth-order valence-electron chi connectivity index (χ4n) is 3.75. The zero-order valence-electron chi connectivity index (χ0n) is 18.1. The molecule has 1 N–H and O–H groups in total. The molecule has 0 aliphatic carbocycles. The van der Waals surface area contributed by atoms with Crippen LogP contribution in [0.1, 0.15) is 18.7 Å². The molecule has 1 fully saturated rings. The van der Waals surface area contributed by atoms with Crippen molar-refractivity contribution in [1.29, 1.82) is 0 Å². The average molecular weight is 491 g/mol. The third kappa shape index (κ3) is 4.87. The number of hydrogen-bond donors (Lipinski definition) is 1. The van der Waals surface area contributed by atoms with E-state index in [0.29, 0.717) is 42.3 Å². The van der Waals surface area contributed by atoms with Gasteiger partial charge in [0, 0.05) is 25.6 Å². The SMILES string of the molecule is COc1ccccc1NC(=O)[C@@H]1CCCN(S(=O)(=O)c2cc(-c3noc(C)n3)ccc2Cl)C1. The van der Waals surface area contributed by atoms with Crippen molar-refractivity contribution >= 4 is 33.2 Å². The number of benzene rings is 2. The molecular weight excluding hydrogens is 468 g/mol. The summed E-state index contributed by atoms with van der Waals surface area (Å²) in [5.74, 6) is 0.394. The predicted molar refractivity (Wildman–Crippen MR) is 123 cm³/mol. The number of piperidine rings is 1. The van der Waals surface area contributed by atoms with Gasteiger partial charge >= 0.3 is 0 Å². The van der Waals surface area contributed by atoms with Crippen LogP contribution in [0.3, 0.4) is 0 Å². The molecule has 174 valence electrons. The maximum absolute atomic E-state index is 13.4. The van der Waals surface area contributed by atoms with Gasteiger partial charge in [0.1, 0.15) is 10.6 Å². The summed E-state index contributed by atoms with van der Waals surface area (Å²) < 4.78 is 38.5. The number of carbonyl (C=O) groups is 1. The number of carbonyl (C=O) groups excluding carboxylic acids is 1. The van der Waals surface area contributed by atoms with Crippen molar-refractivity contribution in [2.45, 2.75) is 24.7 Å². The van der Waals surface area contributed by atoms with Crippen LogP contribution in [0.4, 0.5) is 5.69 Å². The van der Waals surface area contributed by atoms with E-state index >= 15 is 0 Å². The molecule has 1 aliphatic heterocycles. The Morgan fingerprint density at radius 2 is 2.06 bits per heavy atom. The first kappa shape index (κ1) is 23.2. The molecule has 3 aromatic rings. The molecule has 1 amide bonds. The van der Waals surface area contributed by atoms with Crippen LogP contribution in [0.25, 0.3) is 11.4 Å². The fraction of sp³-hybridized carbons (Fsp3) is 0.318. The van der Waals surface area contributed by atoms with Gasteiger partial charge in [0.2, 0.25) is 27.6 Å². The molecule has 2 aromatic carbocycles. The molecule has 0 bridgehead atoms. The molecule has 1 aliphatic rings. The smallest absolute Gasteiger partial charge is 0.244 e. The van der Waals surface area contributed by atoms with Gasteiger partial charge in [-0.05, 0) is 43.2 Å². The first-order chi connectivity index (χ1) is 15.8. The summed E-state index contributed by atoms with van der Waals surface area (Å²) in [5.41, 5.74) is 1.01. The highest BCUT2D eigenvalue weighted by molar-refractivity contribution is 7.89. The normalized spacial score (nSPS) is 17.0. The van der Waals surface area contributed by atoms with Gasteiger partial charge in [0.25, 0.3) is 0 Å². The van der Waals surface area contributed by atoms with Gasteiger partial charge in [-0.1, -0.05) is 28.9 Å². The Balaban J connectivity index is 1.55. The molecule has 1 atom stereocenters. The second-order valence-electron chi connectivity index (χ2n) is 7.67. The largest absolute Gasteiger partial charge is 0.495 e. The van der Waals surface area contributed by atoms with Crippen molar-refractivity contribution in [3.8, 4) is 17.1 Å². The number of halogens is 1. The number of aromatic nitrogens is 2. The topological polar surface area (TPSA) is 115 Å². The van der Waals surface area contributed by atoms with Crippen LogP contribution in [0, 0.1) is 12.8 Å². The van der Waals surface area contributed by atoms with E-state index in [0.717, 1.165) is 0 Å². The van der Waals surface area contributed by atoms with Crippen molar-refractivity contribution in [3.63, 3.8) is 0 Å². The Morgan fingerprint density at radius 1 is 1.27 bits per heavy atom. The molecule has 33 heavy (non-hydrogen) atoms. The highest BCUT2D eigenvalue weighted by atomic mass is 35.5. The van der Waals surface area contributed by atoms with Gasteiger partial charge in [-0.15, -0.1) is 0 Å². The Bertz CT molecular complexity index is 1280. The van der Waals surface area contributed by atoms with E-state index < -0.39 is 15.9 Å². The van der Waals surface area contributed by atoms with E-state index in [2.05, 4.69) is 15.5 Å². The summed E-state index contributed by atoms with van der Waals surface area (Å²) in [6.45, 7) is 1.99. The molecular formula is C22H23ClN4O5S. The van der Waals surface area contributed by atoms with E-state index in [-0.39, 0.29) is 28.2 Å². The van der Waals surface area contributed by atoms with Gasteiger partial charge in [-0.3, -0.25) is 4.79 Å². The number of nitrogens with zero attached hydrogens (tertiary/aromatic N) is 3. The minimum absolute atomic E-state index is 0.0468. The van der Waals surface area contributed by atoms with Crippen molar-refractivity contribution in [1.82, 2.24) is 14.4 Å². The van der Waals surface area contributed by atoms with Crippen molar-refractivity contribution in [2.75, 3.05) is 25.5 Å². The van der Waals surface area contributed by atoms with Crippen LogP contribution in [0.15, 0.2) is 51.9 Å². The second kappa shape index (κ2) is 9.50. The molecule has 1 saturated heterocycles.